The predicted molar refractivity (Wildman–Crippen MR) is 117 cm³/mol. The number of hydrogen-bond donors (Lipinski definition) is 1. The van der Waals surface area contributed by atoms with E-state index in [2.05, 4.69) is 15.5 Å². The molecule has 0 bridgehead atoms. The third-order valence-corrected chi connectivity index (χ3v) is 5.30. The average Bonchev–Trinajstić information content (AvgIpc) is 3.22. The first-order chi connectivity index (χ1) is 14.5. The average molecular weight is 448 g/mol. The Hall–Kier alpha value is -2.57. The fourth-order valence-electron chi connectivity index (χ4n) is 2.92. The van der Waals surface area contributed by atoms with Crippen molar-refractivity contribution >= 4 is 29.1 Å². The molecular weight excluding hydrogens is 425 g/mol. The van der Waals surface area contributed by atoms with Gasteiger partial charge in [-0.1, -0.05) is 34.4 Å². The molecule has 0 unspecified atom stereocenters. The second kappa shape index (κ2) is 11.0. The Morgan fingerprint density at radius 3 is 2.60 bits per heavy atom. The quantitative estimate of drug-likeness (QED) is 0.436. The van der Waals surface area contributed by atoms with E-state index in [1.165, 1.54) is 0 Å². The van der Waals surface area contributed by atoms with E-state index < -0.39 is 0 Å². The molecule has 0 radical (unpaired) electrons. The van der Waals surface area contributed by atoms with Gasteiger partial charge in [0.05, 0.1) is 17.2 Å². The Bertz CT molecular complexity index is 974. The van der Waals surface area contributed by atoms with Gasteiger partial charge in [-0.05, 0) is 61.2 Å². The summed E-state index contributed by atoms with van der Waals surface area (Å²) >= 11 is 11.9. The number of aryl methyl sites for hydroxylation is 2. The topological polar surface area (TPSA) is 77.2 Å². The molecule has 30 heavy (non-hydrogen) atoms. The van der Waals surface area contributed by atoms with Gasteiger partial charge in [0.15, 0.2) is 0 Å². The Balaban J connectivity index is 1.34. The van der Waals surface area contributed by atoms with E-state index in [1.54, 1.807) is 13.2 Å². The van der Waals surface area contributed by atoms with E-state index in [0.29, 0.717) is 47.6 Å². The Morgan fingerprint density at radius 1 is 1.07 bits per heavy atom. The van der Waals surface area contributed by atoms with Crippen molar-refractivity contribution in [3.63, 3.8) is 0 Å². The van der Waals surface area contributed by atoms with Crippen molar-refractivity contribution in [2.45, 2.75) is 32.1 Å². The van der Waals surface area contributed by atoms with E-state index in [-0.39, 0.29) is 5.91 Å². The van der Waals surface area contributed by atoms with Gasteiger partial charge in [-0.25, -0.2) is 0 Å². The molecule has 0 atom stereocenters. The lowest BCUT2D eigenvalue weighted by Crippen LogP contribution is -2.24. The summed E-state index contributed by atoms with van der Waals surface area (Å²) in [5, 5.41) is 8.02. The number of benzene rings is 2. The molecule has 0 saturated carbocycles. The van der Waals surface area contributed by atoms with Gasteiger partial charge >= 0.3 is 0 Å². The monoisotopic (exact) mass is 447 g/mol. The van der Waals surface area contributed by atoms with Gasteiger partial charge in [-0.3, -0.25) is 4.79 Å². The van der Waals surface area contributed by atoms with Crippen LogP contribution in [0.3, 0.4) is 0 Å². The van der Waals surface area contributed by atoms with Gasteiger partial charge < -0.3 is 14.6 Å². The van der Waals surface area contributed by atoms with E-state index >= 15 is 0 Å². The number of nitrogens with one attached hydrogen (secondary N) is 1. The van der Waals surface area contributed by atoms with Crippen LogP contribution in [0.5, 0.6) is 5.75 Å². The van der Waals surface area contributed by atoms with Crippen LogP contribution < -0.4 is 10.1 Å². The highest BCUT2D eigenvalue weighted by Gasteiger charge is 2.10. The van der Waals surface area contributed by atoms with Crippen LogP contribution in [0.1, 0.15) is 30.7 Å². The number of hydrogen-bond acceptors (Lipinski definition) is 5. The second-order valence-electron chi connectivity index (χ2n) is 6.80. The van der Waals surface area contributed by atoms with Crippen LogP contribution in [0.15, 0.2) is 47.0 Å². The standard InChI is InChI=1S/C22H23Cl2N3O3/c1-29-17-10-8-16(9-11-17)22-26-21(30-27-22)6-2-5-20(28)25-13-3-4-15-7-12-18(23)19(24)14-15/h7-12,14H,2-6,13H2,1H3,(H,25,28). The summed E-state index contributed by atoms with van der Waals surface area (Å²) in [6.45, 7) is 0.612. The van der Waals surface area contributed by atoms with Crippen LogP contribution in [-0.2, 0) is 17.6 Å². The SMILES string of the molecule is COc1ccc(-c2noc(CCCC(=O)NCCCc3ccc(Cl)c(Cl)c3)n2)cc1. The van der Waals surface area contributed by atoms with Gasteiger partial charge in [0.25, 0.3) is 0 Å². The summed E-state index contributed by atoms with van der Waals surface area (Å²) in [5.74, 6) is 1.83. The van der Waals surface area contributed by atoms with Gasteiger partial charge in [0.1, 0.15) is 5.75 Å². The summed E-state index contributed by atoms with van der Waals surface area (Å²) in [4.78, 5) is 16.4. The van der Waals surface area contributed by atoms with Crippen molar-refractivity contribution in [1.82, 2.24) is 15.5 Å². The molecule has 1 heterocycles. The maximum atomic E-state index is 12.0. The molecule has 3 aromatic rings. The van der Waals surface area contributed by atoms with E-state index in [0.717, 1.165) is 29.7 Å². The third-order valence-electron chi connectivity index (χ3n) is 4.56. The molecule has 1 N–H and O–H groups in total. The molecule has 0 spiro atoms. The Morgan fingerprint density at radius 2 is 1.87 bits per heavy atom. The lowest BCUT2D eigenvalue weighted by atomic mass is 10.1. The van der Waals surface area contributed by atoms with Crippen LogP contribution in [0.25, 0.3) is 11.4 Å². The number of carbonyl (C=O) groups excluding carboxylic acids is 1. The van der Waals surface area contributed by atoms with Crippen molar-refractivity contribution in [1.29, 1.82) is 0 Å². The summed E-state index contributed by atoms with van der Waals surface area (Å²) < 4.78 is 10.4. The molecule has 0 fully saturated rings. The molecule has 3 rings (SSSR count). The fourth-order valence-corrected chi connectivity index (χ4v) is 3.24. The zero-order valence-corrected chi connectivity index (χ0v) is 18.2. The number of methoxy groups -OCH3 is 1. The van der Waals surface area contributed by atoms with Gasteiger partial charge in [-0.15, -0.1) is 0 Å². The second-order valence-corrected chi connectivity index (χ2v) is 7.61. The molecule has 0 saturated heterocycles. The molecule has 6 nitrogen and oxygen atoms in total. The van der Waals surface area contributed by atoms with Gasteiger partial charge in [-0.2, -0.15) is 4.98 Å². The zero-order chi connectivity index (χ0) is 21.3. The first kappa shape index (κ1) is 22.1. The van der Waals surface area contributed by atoms with Crippen molar-refractivity contribution in [3.05, 3.63) is 64.0 Å². The molecule has 1 amide bonds. The number of rotatable bonds is 10. The van der Waals surface area contributed by atoms with E-state index in [1.807, 2.05) is 36.4 Å². The highest BCUT2D eigenvalue weighted by atomic mass is 35.5. The molecule has 1 aromatic heterocycles. The van der Waals surface area contributed by atoms with E-state index in [9.17, 15) is 4.79 Å². The minimum Gasteiger partial charge on any atom is -0.497 e. The number of amides is 1. The molecular formula is C22H23Cl2N3O3. The number of carbonyl (C=O) groups is 1. The van der Waals surface area contributed by atoms with Gasteiger partial charge in [0, 0.05) is 24.9 Å². The predicted octanol–water partition coefficient (Wildman–Crippen LogP) is 5.12. The highest BCUT2D eigenvalue weighted by molar-refractivity contribution is 6.42. The van der Waals surface area contributed by atoms with Crippen LogP contribution in [0.4, 0.5) is 0 Å². The fraction of sp³-hybridized carbons (Fsp3) is 0.318. The van der Waals surface area contributed by atoms with E-state index in [4.69, 9.17) is 32.5 Å². The lowest BCUT2D eigenvalue weighted by molar-refractivity contribution is -0.121. The summed E-state index contributed by atoms with van der Waals surface area (Å²) in [6.07, 6.45) is 3.27. The zero-order valence-electron chi connectivity index (χ0n) is 16.7. The summed E-state index contributed by atoms with van der Waals surface area (Å²) in [6, 6.07) is 13.0. The van der Waals surface area contributed by atoms with Crippen molar-refractivity contribution in [3.8, 4) is 17.1 Å². The van der Waals surface area contributed by atoms with Crippen LogP contribution in [-0.4, -0.2) is 29.7 Å². The highest BCUT2D eigenvalue weighted by Crippen LogP contribution is 2.23. The van der Waals surface area contributed by atoms with Crippen molar-refractivity contribution in [2.75, 3.05) is 13.7 Å². The maximum absolute atomic E-state index is 12.0. The minimum atomic E-state index is 0.0130. The minimum absolute atomic E-state index is 0.0130. The van der Waals surface area contributed by atoms with Crippen LogP contribution in [0.2, 0.25) is 10.0 Å². The largest absolute Gasteiger partial charge is 0.497 e. The van der Waals surface area contributed by atoms with Crippen molar-refractivity contribution in [2.24, 2.45) is 0 Å². The van der Waals surface area contributed by atoms with Crippen LogP contribution >= 0.6 is 23.2 Å². The number of nitrogens with zero attached hydrogens (tertiary/aromatic N) is 2. The lowest BCUT2D eigenvalue weighted by Gasteiger charge is -2.06. The van der Waals surface area contributed by atoms with Crippen LogP contribution in [0, 0.1) is 0 Å². The molecule has 8 heteroatoms. The first-order valence-electron chi connectivity index (χ1n) is 9.73. The molecule has 158 valence electrons. The molecule has 2 aromatic carbocycles. The Kier molecular flexibility index (Phi) is 8.11. The number of ether oxygens (including phenoxy) is 1. The van der Waals surface area contributed by atoms with Gasteiger partial charge in [0.2, 0.25) is 17.6 Å². The number of halogens is 2. The number of aromatic nitrogens is 2. The summed E-state index contributed by atoms with van der Waals surface area (Å²) in [5.41, 5.74) is 1.95. The molecule has 0 aliphatic carbocycles. The third kappa shape index (κ3) is 6.47. The first-order valence-corrected chi connectivity index (χ1v) is 10.5. The molecule has 0 aliphatic rings. The van der Waals surface area contributed by atoms with Crippen molar-refractivity contribution < 1.29 is 14.1 Å². The smallest absolute Gasteiger partial charge is 0.226 e. The normalized spacial score (nSPS) is 10.8. The maximum Gasteiger partial charge on any atom is 0.226 e. The Labute approximate surface area is 185 Å². The molecule has 0 aliphatic heterocycles. The summed E-state index contributed by atoms with van der Waals surface area (Å²) in [7, 11) is 1.62.